The summed E-state index contributed by atoms with van der Waals surface area (Å²) in [6.45, 7) is 3.26. The van der Waals surface area contributed by atoms with E-state index < -0.39 is 6.04 Å². The van der Waals surface area contributed by atoms with Crippen LogP contribution in [0.3, 0.4) is 0 Å². The highest BCUT2D eigenvalue weighted by atomic mass is 16.3. The minimum atomic E-state index is -0.431. The summed E-state index contributed by atoms with van der Waals surface area (Å²) >= 11 is 0. The maximum absolute atomic E-state index is 12.4. The number of nitrogens with zero attached hydrogens (tertiary/aromatic N) is 3. The number of hydrogen-bond acceptors (Lipinski definition) is 4. The number of likely N-dealkylation sites (N-methyl/N-ethyl adjacent to an activating group) is 1. The second-order valence-electron chi connectivity index (χ2n) is 5.12. The van der Waals surface area contributed by atoms with Crippen LogP contribution in [-0.2, 0) is 11.3 Å². The standard InChI is InChI=1S/C14H21N3O2/c1-11-5-8-17(9-12-3-6-15-7-4-12)14(19)13(10-18)16(11)2/h3-4,6-7,11,13,18H,5,8-10H2,1-2H3. The van der Waals surface area contributed by atoms with Crippen LogP contribution in [0.2, 0.25) is 0 Å². The molecular weight excluding hydrogens is 242 g/mol. The number of carbonyl (C=O) groups is 1. The number of aliphatic hydroxyl groups excluding tert-OH is 1. The van der Waals surface area contributed by atoms with E-state index in [9.17, 15) is 9.90 Å². The van der Waals surface area contributed by atoms with Crippen LogP contribution >= 0.6 is 0 Å². The highest BCUT2D eigenvalue weighted by Crippen LogP contribution is 2.17. The topological polar surface area (TPSA) is 56.7 Å². The maximum atomic E-state index is 12.4. The fraction of sp³-hybridized carbons (Fsp3) is 0.571. The number of aliphatic hydroxyl groups is 1. The lowest BCUT2D eigenvalue weighted by Gasteiger charge is -2.29. The molecule has 1 aliphatic rings. The lowest BCUT2D eigenvalue weighted by molar-refractivity contribution is -0.137. The molecule has 0 bridgehead atoms. The summed E-state index contributed by atoms with van der Waals surface area (Å²) in [5.41, 5.74) is 1.07. The van der Waals surface area contributed by atoms with E-state index in [1.54, 1.807) is 12.4 Å². The van der Waals surface area contributed by atoms with Crippen LogP contribution in [0, 0.1) is 0 Å². The number of amides is 1. The summed E-state index contributed by atoms with van der Waals surface area (Å²) in [7, 11) is 1.90. The summed E-state index contributed by atoms with van der Waals surface area (Å²) in [5.74, 6) is 0.00571. The molecule has 5 heteroatoms. The van der Waals surface area contributed by atoms with Crippen LogP contribution in [0.25, 0.3) is 0 Å². The number of rotatable bonds is 3. The molecule has 1 amide bonds. The third-order valence-electron chi connectivity index (χ3n) is 3.90. The van der Waals surface area contributed by atoms with Gasteiger partial charge in [-0.05, 0) is 38.1 Å². The third kappa shape index (κ3) is 3.11. The monoisotopic (exact) mass is 263 g/mol. The van der Waals surface area contributed by atoms with Crippen molar-refractivity contribution in [2.24, 2.45) is 0 Å². The lowest BCUT2D eigenvalue weighted by Crippen LogP contribution is -2.48. The van der Waals surface area contributed by atoms with E-state index in [1.165, 1.54) is 0 Å². The molecule has 1 saturated heterocycles. The van der Waals surface area contributed by atoms with Crippen LogP contribution in [0.5, 0.6) is 0 Å². The smallest absolute Gasteiger partial charge is 0.242 e. The van der Waals surface area contributed by atoms with E-state index in [4.69, 9.17) is 0 Å². The summed E-state index contributed by atoms with van der Waals surface area (Å²) in [5, 5.41) is 9.46. The zero-order valence-electron chi connectivity index (χ0n) is 11.5. The quantitative estimate of drug-likeness (QED) is 0.862. The molecule has 1 N–H and O–H groups in total. The molecule has 0 saturated carbocycles. The Morgan fingerprint density at radius 3 is 2.74 bits per heavy atom. The van der Waals surface area contributed by atoms with Crippen LogP contribution in [0.4, 0.5) is 0 Å². The summed E-state index contributed by atoms with van der Waals surface area (Å²) in [4.78, 5) is 20.2. The fourth-order valence-corrected chi connectivity index (χ4v) is 2.42. The Morgan fingerprint density at radius 1 is 1.42 bits per heavy atom. The average molecular weight is 263 g/mol. The van der Waals surface area contributed by atoms with Gasteiger partial charge in [-0.1, -0.05) is 0 Å². The molecule has 1 aromatic heterocycles. The van der Waals surface area contributed by atoms with E-state index >= 15 is 0 Å². The Morgan fingerprint density at radius 2 is 2.11 bits per heavy atom. The predicted molar refractivity (Wildman–Crippen MR) is 72.4 cm³/mol. The largest absolute Gasteiger partial charge is 0.394 e. The van der Waals surface area contributed by atoms with Gasteiger partial charge in [0.05, 0.1) is 6.61 Å². The molecule has 1 aromatic rings. The number of aromatic nitrogens is 1. The molecule has 1 fully saturated rings. The molecule has 2 atom stereocenters. The number of pyridine rings is 1. The van der Waals surface area contributed by atoms with E-state index in [-0.39, 0.29) is 12.5 Å². The zero-order valence-corrected chi connectivity index (χ0v) is 11.5. The van der Waals surface area contributed by atoms with E-state index in [2.05, 4.69) is 11.9 Å². The molecule has 2 heterocycles. The average Bonchev–Trinajstić information content (AvgIpc) is 2.52. The normalized spacial score (nSPS) is 25.4. The van der Waals surface area contributed by atoms with Gasteiger partial charge in [0.25, 0.3) is 0 Å². The van der Waals surface area contributed by atoms with E-state index in [1.807, 2.05) is 29.0 Å². The Labute approximate surface area is 113 Å². The highest BCUT2D eigenvalue weighted by Gasteiger charge is 2.33. The molecule has 19 heavy (non-hydrogen) atoms. The first-order valence-corrected chi connectivity index (χ1v) is 6.64. The van der Waals surface area contributed by atoms with Crippen LogP contribution in [0.15, 0.2) is 24.5 Å². The van der Waals surface area contributed by atoms with Crippen molar-refractivity contribution in [2.45, 2.75) is 32.0 Å². The zero-order chi connectivity index (χ0) is 13.8. The Hall–Kier alpha value is -1.46. The van der Waals surface area contributed by atoms with E-state index in [0.29, 0.717) is 12.6 Å². The Balaban J connectivity index is 2.14. The van der Waals surface area contributed by atoms with Crippen LogP contribution in [0.1, 0.15) is 18.9 Å². The van der Waals surface area contributed by atoms with Gasteiger partial charge in [-0.3, -0.25) is 14.7 Å². The van der Waals surface area contributed by atoms with Crippen molar-refractivity contribution in [3.05, 3.63) is 30.1 Å². The van der Waals surface area contributed by atoms with Gasteiger partial charge >= 0.3 is 0 Å². The van der Waals surface area contributed by atoms with Crippen molar-refractivity contribution in [1.29, 1.82) is 0 Å². The van der Waals surface area contributed by atoms with Gasteiger partial charge < -0.3 is 10.0 Å². The SMILES string of the molecule is CC1CCN(Cc2ccncc2)C(=O)C(CO)N1C. The van der Waals surface area contributed by atoms with Gasteiger partial charge in [-0.15, -0.1) is 0 Å². The van der Waals surface area contributed by atoms with Gasteiger partial charge in [0.1, 0.15) is 6.04 Å². The van der Waals surface area contributed by atoms with Gasteiger partial charge in [0, 0.05) is 31.5 Å². The van der Waals surface area contributed by atoms with Gasteiger partial charge in [0.15, 0.2) is 0 Å². The predicted octanol–water partition coefficient (Wildman–Crippen LogP) is 0.495. The Kier molecular flexibility index (Phi) is 4.50. The molecule has 1 aliphatic heterocycles. The second kappa shape index (κ2) is 6.12. The molecule has 0 aromatic carbocycles. The van der Waals surface area contributed by atoms with Gasteiger partial charge in [-0.25, -0.2) is 0 Å². The molecule has 2 rings (SSSR count). The third-order valence-corrected chi connectivity index (χ3v) is 3.90. The minimum absolute atomic E-state index is 0.00571. The van der Waals surface area contributed by atoms with Crippen molar-refractivity contribution < 1.29 is 9.90 Å². The van der Waals surface area contributed by atoms with Crippen molar-refractivity contribution in [2.75, 3.05) is 20.2 Å². The first-order valence-electron chi connectivity index (χ1n) is 6.64. The summed E-state index contributed by atoms with van der Waals surface area (Å²) in [6, 6.07) is 3.70. The summed E-state index contributed by atoms with van der Waals surface area (Å²) < 4.78 is 0. The lowest BCUT2D eigenvalue weighted by atomic mass is 10.2. The van der Waals surface area contributed by atoms with Gasteiger partial charge in [0.2, 0.25) is 5.91 Å². The number of hydrogen-bond donors (Lipinski definition) is 1. The molecular formula is C14H21N3O2. The number of carbonyl (C=O) groups excluding carboxylic acids is 1. The minimum Gasteiger partial charge on any atom is -0.394 e. The highest BCUT2D eigenvalue weighted by molar-refractivity contribution is 5.82. The maximum Gasteiger partial charge on any atom is 0.242 e. The van der Waals surface area contributed by atoms with Crippen molar-refractivity contribution in [3.63, 3.8) is 0 Å². The van der Waals surface area contributed by atoms with Crippen molar-refractivity contribution in [1.82, 2.24) is 14.8 Å². The van der Waals surface area contributed by atoms with Gasteiger partial charge in [-0.2, -0.15) is 0 Å². The first-order chi connectivity index (χ1) is 9.13. The molecule has 104 valence electrons. The Bertz CT molecular complexity index is 424. The molecule has 2 unspecified atom stereocenters. The van der Waals surface area contributed by atoms with Crippen LogP contribution in [-0.4, -0.2) is 58.1 Å². The molecule has 5 nitrogen and oxygen atoms in total. The summed E-state index contributed by atoms with van der Waals surface area (Å²) in [6.07, 6.45) is 4.38. The second-order valence-corrected chi connectivity index (χ2v) is 5.12. The fourth-order valence-electron chi connectivity index (χ4n) is 2.42. The van der Waals surface area contributed by atoms with Crippen molar-refractivity contribution in [3.8, 4) is 0 Å². The van der Waals surface area contributed by atoms with E-state index in [0.717, 1.165) is 18.5 Å². The molecule has 0 radical (unpaired) electrons. The first kappa shape index (κ1) is 14.0. The van der Waals surface area contributed by atoms with Crippen LogP contribution < -0.4 is 0 Å². The molecule has 0 aliphatic carbocycles. The van der Waals surface area contributed by atoms with Crippen molar-refractivity contribution >= 4 is 5.91 Å². The molecule has 0 spiro atoms.